The van der Waals surface area contributed by atoms with Crippen molar-refractivity contribution in [1.29, 1.82) is 0 Å². The molecule has 0 radical (unpaired) electrons. The predicted octanol–water partition coefficient (Wildman–Crippen LogP) is 4.63. The number of rotatable bonds is 0. The van der Waals surface area contributed by atoms with Crippen LogP contribution in [0.4, 0.5) is 0 Å². The van der Waals surface area contributed by atoms with Crippen molar-refractivity contribution in [2.45, 2.75) is 73.5 Å². The van der Waals surface area contributed by atoms with Crippen molar-refractivity contribution < 1.29 is 9.47 Å². The minimum absolute atomic E-state index is 0.212. The Morgan fingerprint density at radius 2 is 1.41 bits per heavy atom. The Balaban J connectivity index is 0.000000581. The standard InChI is InChI=1S/C11H20O2.2C2H6/c1-9-4-5-11(8-10(9,2)3)12-6-7-13-11;2*1-2/h9H,4-8H2,1-3H3;2*1-2H3. The monoisotopic (exact) mass is 244 g/mol. The van der Waals surface area contributed by atoms with Gasteiger partial charge in [-0.3, -0.25) is 0 Å². The van der Waals surface area contributed by atoms with Crippen LogP contribution in [-0.4, -0.2) is 19.0 Å². The zero-order valence-corrected chi connectivity index (χ0v) is 12.9. The first-order chi connectivity index (χ1) is 8.04. The molecule has 0 aromatic rings. The molecule has 1 aliphatic carbocycles. The van der Waals surface area contributed by atoms with Crippen molar-refractivity contribution in [3.8, 4) is 0 Å². The highest BCUT2D eigenvalue weighted by Crippen LogP contribution is 2.48. The fourth-order valence-electron chi connectivity index (χ4n) is 2.53. The van der Waals surface area contributed by atoms with Gasteiger partial charge in [-0.25, -0.2) is 0 Å². The normalized spacial score (nSPS) is 28.8. The van der Waals surface area contributed by atoms with E-state index in [0.29, 0.717) is 5.41 Å². The largest absolute Gasteiger partial charge is 0.348 e. The summed E-state index contributed by atoms with van der Waals surface area (Å²) in [5.74, 6) is 0.571. The molecule has 2 nitrogen and oxygen atoms in total. The van der Waals surface area contributed by atoms with E-state index in [1.54, 1.807) is 0 Å². The Morgan fingerprint density at radius 1 is 0.941 bits per heavy atom. The van der Waals surface area contributed by atoms with E-state index in [2.05, 4.69) is 20.8 Å². The summed E-state index contributed by atoms with van der Waals surface area (Å²) in [6, 6.07) is 0. The van der Waals surface area contributed by atoms with Crippen molar-refractivity contribution in [1.82, 2.24) is 0 Å². The molecule has 104 valence electrons. The van der Waals surface area contributed by atoms with Crippen LogP contribution < -0.4 is 0 Å². The van der Waals surface area contributed by atoms with Crippen LogP contribution in [0.1, 0.15) is 67.7 Å². The average molecular weight is 244 g/mol. The van der Waals surface area contributed by atoms with E-state index >= 15 is 0 Å². The lowest BCUT2D eigenvalue weighted by Crippen LogP contribution is -2.43. The Bertz CT molecular complexity index is 193. The first kappa shape index (κ1) is 16.9. The third-order valence-corrected chi connectivity index (χ3v) is 3.83. The summed E-state index contributed by atoms with van der Waals surface area (Å²) < 4.78 is 11.5. The summed E-state index contributed by atoms with van der Waals surface area (Å²) >= 11 is 0. The minimum atomic E-state index is -0.212. The van der Waals surface area contributed by atoms with E-state index in [0.717, 1.165) is 32.0 Å². The topological polar surface area (TPSA) is 18.5 Å². The summed E-state index contributed by atoms with van der Waals surface area (Å²) in [5.41, 5.74) is 0.364. The maximum absolute atomic E-state index is 5.74. The molecule has 0 bridgehead atoms. The van der Waals surface area contributed by atoms with Crippen molar-refractivity contribution in [2.75, 3.05) is 13.2 Å². The van der Waals surface area contributed by atoms with Crippen LogP contribution in [0.3, 0.4) is 0 Å². The van der Waals surface area contributed by atoms with Crippen LogP contribution >= 0.6 is 0 Å². The van der Waals surface area contributed by atoms with E-state index in [9.17, 15) is 0 Å². The van der Waals surface area contributed by atoms with Gasteiger partial charge in [-0.15, -0.1) is 0 Å². The van der Waals surface area contributed by atoms with Crippen LogP contribution in [0.5, 0.6) is 0 Å². The van der Waals surface area contributed by atoms with Gasteiger partial charge in [0.2, 0.25) is 0 Å². The van der Waals surface area contributed by atoms with Gasteiger partial charge in [-0.2, -0.15) is 0 Å². The molecule has 0 aromatic heterocycles. The minimum Gasteiger partial charge on any atom is -0.348 e. The second-order valence-corrected chi connectivity index (χ2v) is 5.21. The van der Waals surface area contributed by atoms with Gasteiger partial charge >= 0.3 is 0 Å². The lowest BCUT2D eigenvalue weighted by Gasteiger charge is -2.45. The molecule has 0 aromatic carbocycles. The number of hydrogen-bond acceptors (Lipinski definition) is 2. The van der Waals surface area contributed by atoms with Crippen LogP contribution in [-0.2, 0) is 9.47 Å². The fourth-order valence-corrected chi connectivity index (χ4v) is 2.53. The molecule has 2 rings (SSSR count). The Hall–Kier alpha value is -0.0800. The summed E-state index contributed by atoms with van der Waals surface area (Å²) in [4.78, 5) is 0. The highest BCUT2D eigenvalue weighted by molar-refractivity contribution is 4.91. The molecule has 1 saturated carbocycles. The highest BCUT2D eigenvalue weighted by atomic mass is 16.7. The quantitative estimate of drug-likeness (QED) is 0.618. The van der Waals surface area contributed by atoms with Crippen molar-refractivity contribution >= 4 is 0 Å². The zero-order valence-electron chi connectivity index (χ0n) is 12.9. The number of hydrogen-bond donors (Lipinski definition) is 0. The molecule has 1 saturated heterocycles. The lowest BCUT2D eigenvalue weighted by atomic mass is 9.67. The third-order valence-electron chi connectivity index (χ3n) is 3.83. The first-order valence-corrected chi connectivity index (χ1v) is 7.32. The van der Waals surface area contributed by atoms with Crippen LogP contribution in [0, 0.1) is 11.3 Å². The summed E-state index contributed by atoms with van der Waals surface area (Å²) in [5, 5.41) is 0. The van der Waals surface area contributed by atoms with Gasteiger partial charge in [-0.1, -0.05) is 48.5 Å². The van der Waals surface area contributed by atoms with E-state index in [4.69, 9.17) is 9.47 Å². The Kier molecular flexibility index (Phi) is 7.34. The van der Waals surface area contributed by atoms with E-state index < -0.39 is 0 Å². The van der Waals surface area contributed by atoms with Crippen molar-refractivity contribution in [2.24, 2.45) is 11.3 Å². The Morgan fingerprint density at radius 3 is 1.82 bits per heavy atom. The molecule has 0 amide bonds. The smallest absolute Gasteiger partial charge is 0.169 e. The van der Waals surface area contributed by atoms with Crippen LogP contribution in [0.25, 0.3) is 0 Å². The van der Waals surface area contributed by atoms with Gasteiger partial charge in [0.25, 0.3) is 0 Å². The molecule has 2 aliphatic rings. The first-order valence-electron chi connectivity index (χ1n) is 7.32. The lowest BCUT2D eigenvalue weighted by molar-refractivity contribution is -0.207. The van der Waals surface area contributed by atoms with E-state index in [-0.39, 0.29) is 5.79 Å². The molecule has 1 aliphatic heterocycles. The Labute approximate surface area is 108 Å². The maximum atomic E-state index is 5.74. The SMILES string of the molecule is CC.CC.CC1CCC2(CC1(C)C)OCCO2. The van der Waals surface area contributed by atoms with Gasteiger partial charge in [0.15, 0.2) is 5.79 Å². The molecule has 1 spiro atoms. The second kappa shape index (κ2) is 7.38. The zero-order chi connectivity index (χ0) is 13.5. The molecule has 2 fully saturated rings. The maximum Gasteiger partial charge on any atom is 0.169 e. The van der Waals surface area contributed by atoms with Gasteiger partial charge in [-0.05, 0) is 17.8 Å². The van der Waals surface area contributed by atoms with Crippen LogP contribution in [0.2, 0.25) is 0 Å². The van der Waals surface area contributed by atoms with E-state index in [1.807, 2.05) is 27.7 Å². The molecule has 0 N–H and O–H groups in total. The van der Waals surface area contributed by atoms with E-state index in [1.165, 1.54) is 6.42 Å². The molecular formula is C15H32O2. The molecule has 17 heavy (non-hydrogen) atoms. The number of ether oxygens (including phenoxy) is 2. The molecular weight excluding hydrogens is 212 g/mol. The fraction of sp³-hybridized carbons (Fsp3) is 1.00. The van der Waals surface area contributed by atoms with Gasteiger partial charge in [0.05, 0.1) is 13.2 Å². The second-order valence-electron chi connectivity index (χ2n) is 5.21. The predicted molar refractivity (Wildman–Crippen MR) is 74.1 cm³/mol. The van der Waals surface area contributed by atoms with Gasteiger partial charge in [0.1, 0.15) is 0 Å². The van der Waals surface area contributed by atoms with Gasteiger partial charge < -0.3 is 9.47 Å². The molecule has 1 heterocycles. The summed E-state index contributed by atoms with van der Waals surface area (Å²) in [6.07, 6.45) is 3.37. The van der Waals surface area contributed by atoms with Crippen LogP contribution in [0.15, 0.2) is 0 Å². The molecule has 1 unspecified atom stereocenters. The van der Waals surface area contributed by atoms with Crippen molar-refractivity contribution in [3.63, 3.8) is 0 Å². The third kappa shape index (κ3) is 4.26. The van der Waals surface area contributed by atoms with Gasteiger partial charge in [0, 0.05) is 12.8 Å². The summed E-state index contributed by atoms with van der Waals surface area (Å²) in [7, 11) is 0. The molecule has 1 atom stereocenters. The average Bonchev–Trinajstić information content (AvgIpc) is 2.78. The van der Waals surface area contributed by atoms with Crippen molar-refractivity contribution in [3.05, 3.63) is 0 Å². The highest BCUT2D eigenvalue weighted by Gasteiger charge is 2.47. The molecule has 2 heteroatoms. The summed E-state index contributed by atoms with van der Waals surface area (Å²) in [6.45, 7) is 16.5.